The van der Waals surface area contributed by atoms with E-state index in [0.717, 1.165) is 16.3 Å². The molecule has 0 atom stereocenters. The van der Waals surface area contributed by atoms with Crippen LogP contribution >= 0.6 is 15.9 Å². The predicted molar refractivity (Wildman–Crippen MR) is 45.8 cm³/mol. The van der Waals surface area contributed by atoms with Crippen LogP contribution in [0.1, 0.15) is 5.56 Å². The van der Waals surface area contributed by atoms with Crippen molar-refractivity contribution in [2.45, 2.75) is 0 Å². The van der Waals surface area contributed by atoms with Gasteiger partial charge in [-0.05, 0) is 17.7 Å². The van der Waals surface area contributed by atoms with Crippen molar-refractivity contribution in [1.82, 2.24) is 0 Å². The molecular weight excluding hydrogens is 192 g/mol. The van der Waals surface area contributed by atoms with Crippen molar-refractivity contribution in [2.24, 2.45) is 0 Å². The molecule has 0 radical (unpaired) electrons. The summed E-state index contributed by atoms with van der Waals surface area (Å²) in [6.45, 7) is 0. The predicted octanol–water partition coefficient (Wildman–Crippen LogP) is 2.98. The van der Waals surface area contributed by atoms with Crippen molar-refractivity contribution in [3.63, 3.8) is 0 Å². The molecule has 0 spiro atoms. The Morgan fingerprint density at radius 1 is 1.30 bits per heavy atom. The minimum atomic E-state index is 0.977. The van der Waals surface area contributed by atoms with Crippen LogP contribution < -0.4 is 0 Å². The zero-order valence-electron chi connectivity index (χ0n) is 5.29. The van der Waals surface area contributed by atoms with Crippen molar-refractivity contribution >= 4 is 22.0 Å². The molecule has 1 aromatic rings. The van der Waals surface area contributed by atoms with Gasteiger partial charge in [0.25, 0.3) is 0 Å². The Morgan fingerprint density at radius 3 is 2.60 bits per heavy atom. The molecule has 2 heteroatoms. The molecule has 0 saturated heterocycles. The molecule has 0 unspecified atom stereocenters. The SMILES string of the molecule is OC=Cc1ccccc1Br. The van der Waals surface area contributed by atoms with Gasteiger partial charge in [0.1, 0.15) is 0 Å². The molecule has 0 bridgehead atoms. The van der Waals surface area contributed by atoms with E-state index in [2.05, 4.69) is 15.9 Å². The molecule has 0 aliphatic rings. The smallest absolute Gasteiger partial charge is 0.0798 e. The Kier molecular flexibility index (Phi) is 2.51. The number of rotatable bonds is 1. The average molecular weight is 199 g/mol. The molecule has 0 aliphatic heterocycles. The number of halogens is 1. The maximum absolute atomic E-state index is 8.44. The molecule has 0 fully saturated rings. The van der Waals surface area contributed by atoms with Gasteiger partial charge in [0.2, 0.25) is 0 Å². The summed E-state index contributed by atoms with van der Waals surface area (Å²) in [6.07, 6.45) is 2.66. The highest BCUT2D eigenvalue weighted by molar-refractivity contribution is 9.10. The normalized spacial score (nSPS) is 10.5. The third-order valence-corrected chi connectivity index (χ3v) is 1.88. The molecule has 52 valence electrons. The lowest BCUT2D eigenvalue weighted by atomic mass is 10.2. The van der Waals surface area contributed by atoms with E-state index in [-0.39, 0.29) is 0 Å². The summed E-state index contributed by atoms with van der Waals surface area (Å²) in [4.78, 5) is 0. The van der Waals surface area contributed by atoms with Gasteiger partial charge in [-0.15, -0.1) is 0 Å². The van der Waals surface area contributed by atoms with Crippen LogP contribution in [-0.4, -0.2) is 5.11 Å². The van der Waals surface area contributed by atoms with Gasteiger partial charge in [-0.25, -0.2) is 0 Å². The molecule has 10 heavy (non-hydrogen) atoms. The van der Waals surface area contributed by atoms with Gasteiger partial charge in [-0.3, -0.25) is 0 Å². The standard InChI is InChI=1S/C8H7BrO/c9-8-4-2-1-3-7(8)5-6-10/h1-6,10H. The van der Waals surface area contributed by atoms with E-state index in [1.807, 2.05) is 24.3 Å². The number of benzene rings is 1. The highest BCUT2D eigenvalue weighted by Gasteiger charge is 1.90. The lowest BCUT2D eigenvalue weighted by molar-refractivity contribution is 0.478. The quantitative estimate of drug-likeness (QED) is 0.689. The maximum atomic E-state index is 8.44. The molecule has 0 heterocycles. The summed E-state index contributed by atoms with van der Waals surface area (Å²) in [7, 11) is 0. The molecule has 1 N–H and O–H groups in total. The Bertz CT molecular complexity index is 243. The Hall–Kier alpha value is -0.760. The fourth-order valence-corrected chi connectivity index (χ4v) is 1.11. The van der Waals surface area contributed by atoms with Gasteiger partial charge < -0.3 is 5.11 Å². The molecule has 0 amide bonds. The van der Waals surface area contributed by atoms with Crippen LogP contribution in [0.15, 0.2) is 35.0 Å². The minimum Gasteiger partial charge on any atom is -0.516 e. The lowest BCUT2D eigenvalue weighted by Gasteiger charge is -1.93. The largest absolute Gasteiger partial charge is 0.516 e. The number of hydrogen-bond donors (Lipinski definition) is 1. The van der Waals surface area contributed by atoms with E-state index in [1.54, 1.807) is 6.08 Å². The highest BCUT2D eigenvalue weighted by atomic mass is 79.9. The van der Waals surface area contributed by atoms with E-state index >= 15 is 0 Å². The Morgan fingerprint density at radius 2 is 2.00 bits per heavy atom. The van der Waals surface area contributed by atoms with Crippen molar-refractivity contribution in [1.29, 1.82) is 0 Å². The third-order valence-electron chi connectivity index (χ3n) is 1.16. The maximum Gasteiger partial charge on any atom is 0.0798 e. The zero-order valence-corrected chi connectivity index (χ0v) is 6.88. The van der Waals surface area contributed by atoms with Crippen LogP contribution in [0.3, 0.4) is 0 Å². The van der Waals surface area contributed by atoms with E-state index in [1.165, 1.54) is 0 Å². The van der Waals surface area contributed by atoms with Gasteiger partial charge in [0.05, 0.1) is 6.26 Å². The van der Waals surface area contributed by atoms with Crippen LogP contribution in [0.25, 0.3) is 6.08 Å². The fourth-order valence-electron chi connectivity index (χ4n) is 0.691. The first-order chi connectivity index (χ1) is 4.84. The van der Waals surface area contributed by atoms with Crippen molar-refractivity contribution in [3.8, 4) is 0 Å². The first-order valence-corrected chi connectivity index (χ1v) is 3.69. The number of aliphatic hydroxyl groups is 1. The molecular formula is C8H7BrO. The zero-order chi connectivity index (χ0) is 7.40. The summed E-state index contributed by atoms with van der Waals surface area (Å²) < 4.78 is 0.986. The second-order valence-electron chi connectivity index (χ2n) is 1.84. The minimum absolute atomic E-state index is 0.977. The van der Waals surface area contributed by atoms with Crippen LogP contribution in [0.4, 0.5) is 0 Å². The monoisotopic (exact) mass is 198 g/mol. The summed E-state index contributed by atoms with van der Waals surface area (Å²) in [5, 5.41) is 8.44. The average Bonchev–Trinajstić information content (AvgIpc) is 1.94. The van der Waals surface area contributed by atoms with E-state index in [9.17, 15) is 0 Å². The van der Waals surface area contributed by atoms with Gasteiger partial charge in [0, 0.05) is 4.47 Å². The van der Waals surface area contributed by atoms with E-state index in [0.29, 0.717) is 0 Å². The van der Waals surface area contributed by atoms with Crippen LogP contribution in [-0.2, 0) is 0 Å². The summed E-state index contributed by atoms with van der Waals surface area (Å²) >= 11 is 3.33. The molecule has 1 aromatic carbocycles. The van der Waals surface area contributed by atoms with Crippen LogP contribution in [0.5, 0.6) is 0 Å². The summed E-state index contributed by atoms with van der Waals surface area (Å²) in [5.41, 5.74) is 0.977. The van der Waals surface area contributed by atoms with E-state index < -0.39 is 0 Å². The van der Waals surface area contributed by atoms with E-state index in [4.69, 9.17) is 5.11 Å². The third kappa shape index (κ3) is 1.61. The number of hydrogen-bond acceptors (Lipinski definition) is 1. The van der Waals surface area contributed by atoms with Crippen molar-refractivity contribution < 1.29 is 5.11 Å². The van der Waals surface area contributed by atoms with Gasteiger partial charge >= 0.3 is 0 Å². The Balaban J connectivity index is 3.03. The second kappa shape index (κ2) is 3.42. The van der Waals surface area contributed by atoms with Gasteiger partial charge in [-0.2, -0.15) is 0 Å². The van der Waals surface area contributed by atoms with Crippen molar-refractivity contribution in [2.75, 3.05) is 0 Å². The fraction of sp³-hybridized carbons (Fsp3) is 0. The molecule has 1 nitrogen and oxygen atoms in total. The first kappa shape index (κ1) is 7.35. The van der Waals surface area contributed by atoms with Crippen LogP contribution in [0, 0.1) is 0 Å². The summed E-state index contributed by atoms with van der Waals surface area (Å²) in [5.74, 6) is 0. The highest BCUT2D eigenvalue weighted by Crippen LogP contribution is 2.16. The topological polar surface area (TPSA) is 20.2 Å². The Labute approximate surface area is 68.1 Å². The summed E-state index contributed by atoms with van der Waals surface area (Å²) in [6, 6.07) is 7.69. The molecule has 0 saturated carbocycles. The first-order valence-electron chi connectivity index (χ1n) is 2.90. The van der Waals surface area contributed by atoms with Crippen LogP contribution in [0.2, 0.25) is 0 Å². The van der Waals surface area contributed by atoms with Gasteiger partial charge in [0.15, 0.2) is 0 Å². The van der Waals surface area contributed by atoms with Gasteiger partial charge in [-0.1, -0.05) is 34.1 Å². The molecule has 0 aromatic heterocycles. The molecule has 1 rings (SSSR count). The van der Waals surface area contributed by atoms with Crippen molar-refractivity contribution in [3.05, 3.63) is 40.6 Å². The number of aliphatic hydroxyl groups excluding tert-OH is 1. The lowest BCUT2D eigenvalue weighted by Crippen LogP contribution is -1.72. The second-order valence-corrected chi connectivity index (χ2v) is 2.69. The molecule has 0 aliphatic carbocycles.